The van der Waals surface area contributed by atoms with Crippen LogP contribution in [-0.4, -0.2) is 30.7 Å². The molecule has 0 amide bonds. The summed E-state index contributed by atoms with van der Waals surface area (Å²) in [5.74, 6) is -1.52. The fourth-order valence-electron chi connectivity index (χ4n) is 3.64. The fraction of sp³-hybridized carbons (Fsp3) is 0.300. The van der Waals surface area contributed by atoms with Gasteiger partial charge in [-0.15, -0.1) is 0 Å². The maximum Gasteiger partial charge on any atom is 0.336 e. The number of para-hydroxylation sites is 1. The third-order valence-corrected chi connectivity index (χ3v) is 4.86. The molecule has 0 aliphatic carbocycles. The van der Waals surface area contributed by atoms with Gasteiger partial charge in [0.25, 0.3) is 0 Å². The summed E-state index contributed by atoms with van der Waals surface area (Å²) in [6.45, 7) is 3.61. The molecule has 136 valence electrons. The number of aromatic nitrogens is 1. The van der Waals surface area contributed by atoms with Crippen molar-refractivity contribution in [2.24, 2.45) is 7.05 Å². The van der Waals surface area contributed by atoms with Crippen molar-refractivity contribution in [2.75, 3.05) is 14.2 Å². The van der Waals surface area contributed by atoms with E-state index in [-0.39, 0.29) is 0 Å². The lowest BCUT2D eigenvalue weighted by molar-refractivity contribution is -0.137. The van der Waals surface area contributed by atoms with Crippen LogP contribution in [0.5, 0.6) is 0 Å². The summed E-state index contributed by atoms with van der Waals surface area (Å²) in [5, 5.41) is 4.15. The summed E-state index contributed by atoms with van der Waals surface area (Å²) >= 11 is 0. The summed E-state index contributed by atoms with van der Waals surface area (Å²) in [7, 11) is 4.60. The minimum Gasteiger partial charge on any atom is -0.466 e. The monoisotopic (exact) mass is 354 g/mol. The molecule has 1 aromatic heterocycles. The van der Waals surface area contributed by atoms with Crippen molar-refractivity contribution in [1.82, 2.24) is 9.88 Å². The first-order chi connectivity index (χ1) is 12.4. The van der Waals surface area contributed by atoms with E-state index < -0.39 is 17.9 Å². The molecule has 26 heavy (non-hydrogen) atoms. The number of rotatable bonds is 3. The van der Waals surface area contributed by atoms with Gasteiger partial charge in [0.15, 0.2) is 0 Å². The second-order valence-corrected chi connectivity index (χ2v) is 6.31. The number of methoxy groups -OCH3 is 2. The van der Waals surface area contributed by atoms with Crippen LogP contribution in [0.15, 0.2) is 52.9 Å². The number of fused-ring (bicyclic) bond motifs is 1. The van der Waals surface area contributed by atoms with Gasteiger partial charge < -0.3 is 19.4 Å². The first-order valence-electron chi connectivity index (χ1n) is 8.30. The zero-order valence-corrected chi connectivity index (χ0v) is 15.5. The van der Waals surface area contributed by atoms with Gasteiger partial charge in [0, 0.05) is 29.7 Å². The van der Waals surface area contributed by atoms with Gasteiger partial charge in [0.05, 0.1) is 31.3 Å². The number of ether oxygens (including phenoxy) is 2. The fourth-order valence-corrected chi connectivity index (χ4v) is 3.64. The molecule has 0 saturated carbocycles. The standard InChI is InChI=1S/C20H22N2O4/c1-11-16(19(23)25-4)18(17(12(2)21-11)20(24)26-5)15-10-13-8-6-7-9-14(13)22(15)3/h6-10,18,21H,1-5H3. The lowest BCUT2D eigenvalue weighted by Crippen LogP contribution is -2.32. The van der Waals surface area contributed by atoms with Crippen molar-refractivity contribution in [3.8, 4) is 0 Å². The number of aryl methyl sites for hydroxylation is 1. The van der Waals surface area contributed by atoms with Crippen molar-refractivity contribution in [1.29, 1.82) is 0 Å². The molecule has 0 spiro atoms. The maximum atomic E-state index is 12.5. The third-order valence-electron chi connectivity index (χ3n) is 4.86. The van der Waals surface area contributed by atoms with E-state index in [1.807, 2.05) is 41.9 Å². The molecule has 2 heterocycles. The summed E-state index contributed by atoms with van der Waals surface area (Å²) in [6.07, 6.45) is 0. The molecule has 3 rings (SSSR count). The molecule has 6 heteroatoms. The zero-order valence-electron chi connectivity index (χ0n) is 15.5. The van der Waals surface area contributed by atoms with E-state index in [9.17, 15) is 9.59 Å². The highest BCUT2D eigenvalue weighted by Gasteiger charge is 2.39. The molecule has 1 N–H and O–H groups in total. The van der Waals surface area contributed by atoms with Gasteiger partial charge in [-0.3, -0.25) is 0 Å². The highest BCUT2D eigenvalue weighted by atomic mass is 16.5. The second kappa shape index (κ2) is 6.71. The van der Waals surface area contributed by atoms with Crippen LogP contribution in [0, 0.1) is 0 Å². The molecule has 0 atom stereocenters. The van der Waals surface area contributed by atoms with E-state index in [1.54, 1.807) is 13.8 Å². The predicted octanol–water partition coefficient (Wildman–Crippen LogP) is 2.76. The topological polar surface area (TPSA) is 69.6 Å². The van der Waals surface area contributed by atoms with Crippen molar-refractivity contribution < 1.29 is 19.1 Å². The number of allylic oxidation sites excluding steroid dienone is 2. The molecule has 0 bridgehead atoms. The Morgan fingerprint density at radius 3 is 2.04 bits per heavy atom. The number of nitrogens with zero attached hydrogens (tertiary/aromatic N) is 1. The number of hydrogen-bond acceptors (Lipinski definition) is 5. The van der Waals surface area contributed by atoms with Gasteiger partial charge in [-0.05, 0) is 31.4 Å². The number of benzene rings is 1. The molecule has 1 aliphatic heterocycles. The highest BCUT2D eigenvalue weighted by molar-refractivity contribution is 6.00. The Morgan fingerprint density at radius 1 is 1.00 bits per heavy atom. The van der Waals surface area contributed by atoms with Crippen molar-refractivity contribution in [2.45, 2.75) is 19.8 Å². The summed E-state index contributed by atoms with van der Waals surface area (Å²) < 4.78 is 12.0. The molecule has 1 aliphatic rings. The number of nitrogens with one attached hydrogen (secondary N) is 1. The molecule has 0 fully saturated rings. The van der Waals surface area contributed by atoms with Gasteiger partial charge in [0.1, 0.15) is 0 Å². The van der Waals surface area contributed by atoms with E-state index in [4.69, 9.17) is 9.47 Å². The normalized spacial score (nSPS) is 15.3. The molecule has 2 aromatic rings. The Labute approximate surface area is 152 Å². The molecule has 0 radical (unpaired) electrons. The molecule has 1 aromatic carbocycles. The van der Waals surface area contributed by atoms with Crippen LogP contribution in [0.4, 0.5) is 0 Å². The molecular formula is C20H22N2O4. The zero-order chi connectivity index (χ0) is 19.0. The number of carbonyl (C=O) groups excluding carboxylic acids is 2. The van der Waals surface area contributed by atoms with E-state index >= 15 is 0 Å². The molecule has 0 unspecified atom stereocenters. The van der Waals surface area contributed by atoms with E-state index in [2.05, 4.69) is 5.32 Å². The first-order valence-corrected chi connectivity index (χ1v) is 8.30. The van der Waals surface area contributed by atoms with Crippen molar-refractivity contribution >= 4 is 22.8 Å². The summed E-state index contributed by atoms with van der Waals surface area (Å²) in [4.78, 5) is 25.1. The van der Waals surface area contributed by atoms with E-state index in [1.165, 1.54) is 14.2 Å². The Hall–Kier alpha value is -3.02. The number of carbonyl (C=O) groups is 2. The van der Waals surface area contributed by atoms with Crippen LogP contribution in [-0.2, 0) is 26.1 Å². The van der Waals surface area contributed by atoms with Crippen LogP contribution in [0.1, 0.15) is 25.5 Å². The lowest BCUT2D eigenvalue weighted by atomic mass is 9.83. The minimum absolute atomic E-state index is 0.407. The van der Waals surface area contributed by atoms with Crippen LogP contribution >= 0.6 is 0 Å². The SMILES string of the molecule is COC(=O)C1=C(C)NC(C)=C(C(=O)OC)C1c1cc2ccccc2n1C. The van der Waals surface area contributed by atoms with Gasteiger partial charge in [-0.1, -0.05) is 18.2 Å². The minimum atomic E-state index is -0.575. The Balaban J connectivity index is 2.31. The quantitative estimate of drug-likeness (QED) is 0.859. The largest absolute Gasteiger partial charge is 0.466 e. The van der Waals surface area contributed by atoms with Crippen LogP contribution < -0.4 is 5.32 Å². The van der Waals surface area contributed by atoms with Gasteiger partial charge in [-0.2, -0.15) is 0 Å². The third kappa shape index (κ3) is 2.67. The van der Waals surface area contributed by atoms with Crippen LogP contribution in [0.2, 0.25) is 0 Å². The Kier molecular flexibility index (Phi) is 4.59. The average Bonchev–Trinajstić information content (AvgIpc) is 2.96. The number of esters is 2. The Bertz CT molecular complexity index is 927. The van der Waals surface area contributed by atoms with Crippen molar-refractivity contribution in [3.63, 3.8) is 0 Å². The number of dihydropyridines is 1. The van der Waals surface area contributed by atoms with Crippen LogP contribution in [0.3, 0.4) is 0 Å². The Morgan fingerprint density at radius 2 is 1.54 bits per heavy atom. The van der Waals surface area contributed by atoms with Crippen LogP contribution in [0.25, 0.3) is 10.9 Å². The molecular weight excluding hydrogens is 332 g/mol. The first kappa shape index (κ1) is 17.8. The maximum absolute atomic E-state index is 12.5. The number of hydrogen-bond donors (Lipinski definition) is 1. The van der Waals surface area contributed by atoms with Gasteiger partial charge in [-0.25, -0.2) is 9.59 Å². The summed E-state index contributed by atoms with van der Waals surface area (Å²) in [6, 6.07) is 9.92. The van der Waals surface area contributed by atoms with Gasteiger partial charge in [0.2, 0.25) is 0 Å². The average molecular weight is 354 g/mol. The van der Waals surface area contributed by atoms with E-state index in [0.717, 1.165) is 16.6 Å². The van der Waals surface area contributed by atoms with Gasteiger partial charge >= 0.3 is 11.9 Å². The van der Waals surface area contributed by atoms with E-state index in [0.29, 0.717) is 22.5 Å². The molecule has 0 saturated heterocycles. The smallest absolute Gasteiger partial charge is 0.336 e. The predicted molar refractivity (Wildman–Crippen MR) is 98.2 cm³/mol. The second-order valence-electron chi connectivity index (χ2n) is 6.31. The summed E-state index contributed by atoms with van der Waals surface area (Å²) in [5.41, 5.74) is 3.99. The van der Waals surface area contributed by atoms with Crippen molar-refractivity contribution in [3.05, 3.63) is 58.6 Å². The highest BCUT2D eigenvalue weighted by Crippen LogP contribution is 2.40. The lowest BCUT2D eigenvalue weighted by Gasteiger charge is -2.30. The molecule has 6 nitrogen and oxygen atoms in total.